The molecule has 0 amide bonds. The van der Waals surface area contributed by atoms with Crippen LogP contribution in [0.1, 0.15) is 6.92 Å². The molecule has 8 nitrogen and oxygen atoms in total. The van der Waals surface area contributed by atoms with E-state index in [0.717, 1.165) is 16.3 Å². The van der Waals surface area contributed by atoms with Crippen molar-refractivity contribution in [2.75, 3.05) is 0 Å². The number of benzene rings is 1. The van der Waals surface area contributed by atoms with Crippen LogP contribution in [0, 0.1) is 0 Å². The SMILES string of the molecule is C[C@H](Sc1nc(-c2ccc(Cl)cc2)nc2c1c(=O)n(C)c(=O)n2C)C(=O)O. The number of carbonyl (C=O) groups is 1. The molecule has 2 aromatic heterocycles. The number of halogens is 1. The van der Waals surface area contributed by atoms with Gasteiger partial charge in [0.2, 0.25) is 0 Å². The Morgan fingerprint density at radius 2 is 1.78 bits per heavy atom. The first-order chi connectivity index (χ1) is 12.7. The summed E-state index contributed by atoms with van der Waals surface area (Å²) < 4.78 is 2.19. The summed E-state index contributed by atoms with van der Waals surface area (Å²) in [5, 5.41) is 9.24. The maximum absolute atomic E-state index is 12.7. The number of aliphatic carboxylic acids is 1. The molecule has 2 heterocycles. The molecule has 1 atom stereocenters. The van der Waals surface area contributed by atoms with E-state index >= 15 is 0 Å². The van der Waals surface area contributed by atoms with Crippen molar-refractivity contribution in [2.45, 2.75) is 17.2 Å². The van der Waals surface area contributed by atoms with Crippen molar-refractivity contribution in [3.05, 3.63) is 50.1 Å². The number of aryl methyl sites for hydroxylation is 1. The van der Waals surface area contributed by atoms with Crippen LogP contribution < -0.4 is 11.2 Å². The Morgan fingerprint density at radius 1 is 1.15 bits per heavy atom. The van der Waals surface area contributed by atoms with Crippen LogP contribution in [-0.2, 0) is 18.9 Å². The first-order valence-corrected chi connectivity index (χ1v) is 9.09. The number of carboxylic acid groups (broad SMARTS) is 1. The van der Waals surface area contributed by atoms with Crippen molar-refractivity contribution in [1.82, 2.24) is 19.1 Å². The molecule has 0 unspecified atom stereocenters. The van der Waals surface area contributed by atoms with Crippen molar-refractivity contribution in [3.8, 4) is 11.4 Å². The molecule has 0 saturated heterocycles. The molecule has 0 saturated carbocycles. The molecular weight excluding hydrogens is 392 g/mol. The van der Waals surface area contributed by atoms with Crippen molar-refractivity contribution in [2.24, 2.45) is 14.1 Å². The van der Waals surface area contributed by atoms with Crippen molar-refractivity contribution in [3.63, 3.8) is 0 Å². The van der Waals surface area contributed by atoms with E-state index in [2.05, 4.69) is 9.97 Å². The first kappa shape index (κ1) is 19.1. The van der Waals surface area contributed by atoms with Gasteiger partial charge in [0.05, 0.1) is 0 Å². The summed E-state index contributed by atoms with van der Waals surface area (Å²) in [6.07, 6.45) is 0. The largest absolute Gasteiger partial charge is 0.480 e. The molecule has 0 fully saturated rings. The fourth-order valence-corrected chi connectivity index (χ4v) is 3.46. The van der Waals surface area contributed by atoms with Gasteiger partial charge in [-0.3, -0.25) is 18.7 Å². The Morgan fingerprint density at radius 3 is 2.37 bits per heavy atom. The summed E-state index contributed by atoms with van der Waals surface area (Å²) in [6.45, 7) is 1.50. The van der Waals surface area contributed by atoms with Gasteiger partial charge in [-0.2, -0.15) is 0 Å². The summed E-state index contributed by atoms with van der Waals surface area (Å²) >= 11 is 6.84. The van der Waals surface area contributed by atoms with E-state index in [4.69, 9.17) is 11.6 Å². The highest BCUT2D eigenvalue weighted by atomic mass is 35.5. The van der Waals surface area contributed by atoms with Gasteiger partial charge < -0.3 is 5.11 Å². The van der Waals surface area contributed by atoms with Crippen molar-refractivity contribution in [1.29, 1.82) is 0 Å². The van der Waals surface area contributed by atoms with Gasteiger partial charge in [-0.15, -0.1) is 0 Å². The highest BCUT2D eigenvalue weighted by Gasteiger charge is 2.22. The van der Waals surface area contributed by atoms with Gasteiger partial charge in [0.25, 0.3) is 5.56 Å². The van der Waals surface area contributed by atoms with E-state index in [0.29, 0.717) is 10.6 Å². The minimum absolute atomic E-state index is 0.107. The van der Waals surface area contributed by atoms with Gasteiger partial charge in [0, 0.05) is 24.7 Å². The summed E-state index contributed by atoms with van der Waals surface area (Å²) in [7, 11) is 2.85. The number of aromatic nitrogens is 4. The number of thioether (sulfide) groups is 1. The Labute approximate surface area is 162 Å². The lowest BCUT2D eigenvalue weighted by molar-refractivity contribution is -0.136. The van der Waals surface area contributed by atoms with E-state index in [9.17, 15) is 19.5 Å². The maximum Gasteiger partial charge on any atom is 0.332 e. The fraction of sp³-hybridized carbons (Fsp3) is 0.235. The molecule has 0 spiro atoms. The second kappa shape index (κ2) is 7.16. The summed E-state index contributed by atoms with van der Waals surface area (Å²) in [4.78, 5) is 45.0. The average Bonchev–Trinajstić information content (AvgIpc) is 2.64. The Kier molecular flexibility index (Phi) is 5.07. The maximum atomic E-state index is 12.7. The van der Waals surface area contributed by atoms with Crippen molar-refractivity contribution >= 4 is 40.4 Å². The predicted octanol–water partition coefficient (Wildman–Crippen LogP) is 1.91. The van der Waals surface area contributed by atoms with Crippen LogP contribution in [0.2, 0.25) is 5.02 Å². The smallest absolute Gasteiger partial charge is 0.332 e. The quantitative estimate of drug-likeness (QED) is 0.521. The van der Waals surface area contributed by atoms with E-state index in [1.165, 1.54) is 25.6 Å². The zero-order valence-electron chi connectivity index (χ0n) is 14.6. The number of fused-ring (bicyclic) bond motifs is 1. The highest BCUT2D eigenvalue weighted by molar-refractivity contribution is 8.00. The van der Waals surface area contributed by atoms with E-state index in [1.807, 2.05) is 0 Å². The van der Waals surface area contributed by atoms with Crippen LogP contribution in [0.4, 0.5) is 0 Å². The molecule has 140 valence electrons. The number of rotatable bonds is 4. The lowest BCUT2D eigenvalue weighted by atomic mass is 10.2. The van der Waals surface area contributed by atoms with Crippen LogP contribution in [0.5, 0.6) is 0 Å². The van der Waals surface area contributed by atoms with Crippen molar-refractivity contribution < 1.29 is 9.90 Å². The number of hydrogen-bond acceptors (Lipinski definition) is 6. The Hall–Kier alpha value is -2.65. The van der Waals surface area contributed by atoms with E-state index < -0.39 is 22.5 Å². The average molecular weight is 407 g/mol. The Balaban J connectivity index is 2.37. The number of carboxylic acids is 1. The molecule has 3 aromatic rings. The van der Waals surface area contributed by atoms with Crippen LogP contribution >= 0.6 is 23.4 Å². The monoisotopic (exact) mass is 406 g/mol. The predicted molar refractivity (Wildman–Crippen MR) is 103 cm³/mol. The van der Waals surface area contributed by atoms with Crippen LogP contribution in [0.3, 0.4) is 0 Å². The molecular formula is C17H15ClN4O4S. The first-order valence-electron chi connectivity index (χ1n) is 7.84. The molecule has 0 bridgehead atoms. The molecule has 0 aliphatic rings. The third-order valence-corrected chi connectivity index (χ3v) is 5.33. The van der Waals surface area contributed by atoms with E-state index in [-0.39, 0.29) is 21.9 Å². The highest BCUT2D eigenvalue weighted by Crippen LogP contribution is 2.29. The minimum Gasteiger partial charge on any atom is -0.480 e. The standard InChI is InChI=1S/C17H15ClN4O4S/c1-8(16(24)25)27-14-11-13(21(2)17(26)22(3)15(11)23)19-12(20-14)9-4-6-10(18)7-5-9/h4-8H,1-3H3,(H,24,25)/t8-/m0/s1. The normalized spacial score (nSPS) is 12.3. The molecule has 3 rings (SSSR count). The third kappa shape index (κ3) is 3.47. The topological polar surface area (TPSA) is 107 Å². The summed E-state index contributed by atoms with van der Waals surface area (Å²) in [5.74, 6) is -0.774. The summed E-state index contributed by atoms with van der Waals surface area (Å²) in [6, 6.07) is 6.75. The van der Waals surface area contributed by atoms with E-state index in [1.54, 1.807) is 24.3 Å². The molecule has 1 N–H and O–H groups in total. The Bertz CT molecular complexity index is 1170. The molecule has 0 aliphatic carbocycles. The second-order valence-electron chi connectivity index (χ2n) is 5.86. The number of hydrogen-bond donors (Lipinski definition) is 1. The fourth-order valence-electron chi connectivity index (χ4n) is 2.46. The zero-order valence-corrected chi connectivity index (χ0v) is 16.2. The molecule has 0 radical (unpaired) electrons. The van der Waals surface area contributed by atoms with Gasteiger partial charge in [0.15, 0.2) is 11.5 Å². The van der Waals surface area contributed by atoms with Crippen LogP contribution in [-0.4, -0.2) is 35.4 Å². The number of nitrogens with zero attached hydrogens (tertiary/aromatic N) is 4. The second-order valence-corrected chi connectivity index (χ2v) is 7.63. The van der Waals surface area contributed by atoms with Gasteiger partial charge in [0.1, 0.15) is 15.7 Å². The van der Waals surface area contributed by atoms with Gasteiger partial charge in [-0.25, -0.2) is 14.8 Å². The minimum atomic E-state index is -1.04. The van der Waals surface area contributed by atoms with Crippen LogP contribution in [0.25, 0.3) is 22.4 Å². The molecule has 10 heteroatoms. The molecule has 0 aliphatic heterocycles. The lowest BCUT2D eigenvalue weighted by Gasteiger charge is -2.13. The van der Waals surface area contributed by atoms with Gasteiger partial charge in [-0.1, -0.05) is 23.4 Å². The summed E-state index contributed by atoms with van der Waals surface area (Å²) in [5.41, 5.74) is -0.339. The lowest BCUT2D eigenvalue weighted by Crippen LogP contribution is -2.37. The molecule has 1 aromatic carbocycles. The zero-order chi connectivity index (χ0) is 19.9. The van der Waals surface area contributed by atoms with Gasteiger partial charge >= 0.3 is 11.7 Å². The van der Waals surface area contributed by atoms with Crippen LogP contribution in [0.15, 0.2) is 38.9 Å². The van der Waals surface area contributed by atoms with Gasteiger partial charge in [-0.05, 0) is 31.2 Å². The third-order valence-electron chi connectivity index (χ3n) is 4.01. The molecule has 27 heavy (non-hydrogen) atoms.